The molecule has 0 unspecified atom stereocenters. The number of nitrogens with zero attached hydrogens (tertiary/aromatic N) is 3. The molecule has 0 bridgehead atoms. The highest BCUT2D eigenvalue weighted by Gasteiger charge is 2.37. The molecule has 1 aliphatic heterocycles. The van der Waals surface area contributed by atoms with Gasteiger partial charge in [-0.1, -0.05) is 47.9 Å². The molecule has 4 rings (SSSR count). The van der Waals surface area contributed by atoms with Gasteiger partial charge in [-0.25, -0.2) is 4.68 Å². The van der Waals surface area contributed by atoms with E-state index in [0.29, 0.717) is 11.7 Å². The van der Waals surface area contributed by atoms with Crippen molar-refractivity contribution in [3.63, 3.8) is 0 Å². The Balaban J connectivity index is 0.00000210. The molecule has 7 heteroatoms. The molecule has 1 aliphatic carbocycles. The van der Waals surface area contributed by atoms with E-state index < -0.39 is 0 Å². The van der Waals surface area contributed by atoms with E-state index in [0.717, 1.165) is 51.6 Å². The Labute approximate surface area is 166 Å². The molecular weight excluding hydrogens is 362 g/mol. The van der Waals surface area contributed by atoms with Crippen LogP contribution in [0, 0.1) is 6.92 Å². The van der Waals surface area contributed by atoms with Crippen molar-refractivity contribution >= 4 is 18.3 Å². The van der Waals surface area contributed by atoms with Crippen molar-refractivity contribution in [1.29, 1.82) is 0 Å². The van der Waals surface area contributed by atoms with Gasteiger partial charge >= 0.3 is 0 Å². The van der Waals surface area contributed by atoms with Gasteiger partial charge in [0.25, 0.3) is 5.91 Å². The van der Waals surface area contributed by atoms with Gasteiger partial charge in [-0.3, -0.25) is 4.79 Å². The average molecular weight is 390 g/mol. The van der Waals surface area contributed by atoms with Crippen molar-refractivity contribution in [3.05, 3.63) is 47.3 Å². The molecule has 6 nitrogen and oxygen atoms in total. The van der Waals surface area contributed by atoms with E-state index in [4.69, 9.17) is 0 Å². The van der Waals surface area contributed by atoms with Crippen LogP contribution in [0.15, 0.2) is 30.5 Å². The summed E-state index contributed by atoms with van der Waals surface area (Å²) in [5, 5.41) is 15.0. The molecule has 2 aliphatic rings. The summed E-state index contributed by atoms with van der Waals surface area (Å²) >= 11 is 0. The molecule has 1 aromatic heterocycles. The number of benzene rings is 1. The van der Waals surface area contributed by atoms with E-state index in [9.17, 15) is 4.79 Å². The van der Waals surface area contributed by atoms with Gasteiger partial charge in [0.05, 0.1) is 17.8 Å². The molecular formula is C20H28ClN5O. The zero-order valence-electron chi connectivity index (χ0n) is 15.8. The fourth-order valence-corrected chi connectivity index (χ4v) is 4.32. The van der Waals surface area contributed by atoms with Crippen molar-refractivity contribution in [2.24, 2.45) is 0 Å². The van der Waals surface area contributed by atoms with Gasteiger partial charge in [-0.2, -0.15) is 0 Å². The van der Waals surface area contributed by atoms with Crippen molar-refractivity contribution in [2.45, 2.75) is 57.0 Å². The molecule has 1 amide bonds. The van der Waals surface area contributed by atoms with E-state index in [2.05, 4.69) is 52.1 Å². The van der Waals surface area contributed by atoms with Crippen molar-refractivity contribution in [1.82, 2.24) is 25.6 Å². The maximum atomic E-state index is 12.9. The van der Waals surface area contributed by atoms with E-state index in [1.54, 1.807) is 0 Å². The van der Waals surface area contributed by atoms with Crippen LogP contribution in [0.4, 0.5) is 0 Å². The Kier molecular flexibility index (Phi) is 6.17. The summed E-state index contributed by atoms with van der Waals surface area (Å²) in [6, 6.07) is 8.83. The van der Waals surface area contributed by atoms with Crippen LogP contribution in [0.3, 0.4) is 0 Å². The third kappa shape index (κ3) is 4.17. The summed E-state index contributed by atoms with van der Waals surface area (Å²) in [5.41, 5.74) is 2.57. The lowest BCUT2D eigenvalue weighted by Gasteiger charge is -2.31. The Morgan fingerprint density at radius 2 is 2.00 bits per heavy atom. The first-order chi connectivity index (χ1) is 12.7. The van der Waals surface area contributed by atoms with Gasteiger partial charge in [-0.15, -0.1) is 17.5 Å². The lowest BCUT2D eigenvalue weighted by atomic mass is 9.87. The summed E-state index contributed by atoms with van der Waals surface area (Å²) in [6.07, 6.45) is 8.08. The molecule has 0 radical (unpaired) electrons. The van der Waals surface area contributed by atoms with E-state index in [-0.39, 0.29) is 23.9 Å². The maximum Gasteiger partial charge on any atom is 0.274 e. The second kappa shape index (κ2) is 8.40. The highest BCUT2D eigenvalue weighted by molar-refractivity contribution is 5.92. The lowest BCUT2D eigenvalue weighted by molar-refractivity contribution is 0.0893. The fraction of sp³-hybridized carbons (Fsp3) is 0.550. The Morgan fingerprint density at radius 1 is 1.26 bits per heavy atom. The number of aromatic nitrogens is 3. The monoisotopic (exact) mass is 389 g/mol. The topological polar surface area (TPSA) is 71.8 Å². The van der Waals surface area contributed by atoms with Gasteiger partial charge in [-0.05, 0) is 51.3 Å². The maximum absolute atomic E-state index is 12.9. The number of aryl methyl sites for hydroxylation is 1. The van der Waals surface area contributed by atoms with Crippen LogP contribution in [0.2, 0.25) is 0 Å². The number of rotatable bonds is 4. The number of hydrogen-bond donors (Lipinski definition) is 2. The highest BCUT2D eigenvalue weighted by atomic mass is 35.5. The van der Waals surface area contributed by atoms with Gasteiger partial charge in [0.1, 0.15) is 0 Å². The molecule has 1 aromatic carbocycles. The molecule has 2 heterocycles. The van der Waals surface area contributed by atoms with Crippen LogP contribution in [0.5, 0.6) is 0 Å². The molecule has 2 aromatic rings. The summed E-state index contributed by atoms with van der Waals surface area (Å²) in [6.45, 7) is 4.07. The molecule has 1 saturated heterocycles. The van der Waals surface area contributed by atoms with E-state index in [1.807, 2.05) is 10.9 Å². The van der Waals surface area contributed by atoms with E-state index in [1.165, 1.54) is 11.1 Å². The zero-order chi connectivity index (χ0) is 18.0. The van der Waals surface area contributed by atoms with Crippen LogP contribution < -0.4 is 10.6 Å². The van der Waals surface area contributed by atoms with Gasteiger partial charge in [0.15, 0.2) is 5.69 Å². The standard InChI is InChI=1S/C20H27N5O.ClH/c1-15-5-4-6-16(13-15)20(9-2-3-10-20)22-19(26)18-14-25(24-23-18)17-7-11-21-12-8-17;/h4-6,13-14,17,21H,2-3,7-12H2,1H3,(H,22,26);1H. The predicted octanol–water partition coefficient (Wildman–Crippen LogP) is 3.13. The van der Waals surface area contributed by atoms with Crippen LogP contribution in [-0.2, 0) is 5.54 Å². The number of hydrogen-bond acceptors (Lipinski definition) is 4. The summed E-state index contributed by atoms with van der Waals surface area (Å²) in [4.78, 5) is 12.9. The summed E-state index contributed by atoms with van der Waals surface area (Å²) in [7, 11) is 0. The average Bonchev–Trinajstić information content (AvgIpc) is 3.33. The number of amides is 1. The second-order valence-electron chi connectivity index (χ2n) is 7.68. The molecule has 0 atom stereocenters. The molecule has 1 saturated carbocycles. The highest BCUT2D eigenvalue weighted by Crippen LogP contribution is 2.39. The largest absolute Gasteiger partial charge is 0.341 e. The Bertz CT molecular complexity index is 778. The number of piperidine rings is 1. The minimum atomic E-state index is -0.276. The Morgan fingerprint density at radius 3 is 2.70 bits per heavy atom. The predicted molar refractivity (Wildman–Crippen MR) is 107 cm³/mol. The SMILES string of the molecule is Cc1cccc(C2(NC(=O)c3cn(C4CCNCC4)nn3)CCCC2)c1.Cl. The minimum absolute atomic E-state index is 0. The summed E-state index contributed by atoms with van der Waals surface area (Å²) in [5.74, 6) is -0.117. The smallest absolute Gasteiger partial charge is 0.274 e. The van der Waals surface area contributed by atoms with Crippen LogP contribution in [0.25, 0.3) is 0 Å². The number of halogens is 1. The second-order valence-corrected chi connectivity index (χ2v) is 7.68. The number of nitrogens with one attached hydrogen (secondary N) is 2. The summed E-state index contributed by atoms with van der Waals surface area (Å²) < 4.78 is 1.86. The molecule has 2 fully saturated rings. The number of carbonyl (C=O) groups is 1. The van der Waals surface area contributed by atoms with Crippen molar-refractivity contribution in [3.8, 4) is 0 Å². The molecule has 146 valence electrons. The van der Waals surface area contributed by atoms with Crippen LogP contribution >= 0.6 is 12.4 Å². The fourth-order valence-electron chi connectivity index (χ4n) is 4.32. The molecule has 0 spiro atoms. The van der Waals surface area contributed by atoms with Crippen molar-refractivity contribution < 1.29 is 4.79 Å². The number of carbonyl (C=O) groups excluding carboxylic acids is 1. The third-order valence-corrected chi connectivity index (χ3v) is 5.81. The first kappa shape index (κ1) is 19.8. The van der Waals surface area contributed by atoms with Crippen molar-refractivity contribution in [2.75, 3.05) is 13.1 Å². The van der Waals surface area contributed by atoms with Gasteiger partial charge < -0.3 is 10.6 Å². The third-order valence-electron chi connectivity index (χ3n) is 5.81. The molecule has 27 heavy (non-hydrogen) atoms. The first-order valence-electron chi connectivity index (χ1n) is 9.68. The Hall–Kier alpha value is -1.92. The quantitative estimate of drug-likeness (QED) is 0.842. The normalized spacial score (nSPS) is 19.4. The van der Waals surface area contributed by atoms with E-state index >= 15 is 0 Å². The van der Waals surface area contributed by atoms with Crippen LogP contribution in [-0.4, -0.2) is 34.0 Å². The lowest BCUT2D eigenvalue weighted by Crippen LogP contribution is -2.44. The van der Waals surface area contributed by atoms with Gasteiger partial charge in [0, 0.05) is 0 Å². The van der Waals surface area contributed by atoms with Gasteiger partial charge in [0.2, 0.25) is 0 Å². The minimum Gasteiger partial charge on any atom is -0.341 e. The van der Waals surface area contributed by atoms with Crippen LogP contribution in [0.1, 0.15) is 66.2 Å². The molecule has 2 N–H and O–H groups in total. The first-order valence-corrected chi connectivity index (χ1v) is 9.68. The zero-order valence-corrected chi connectivity index (χ0v) is 16.6.